The first-order valence-corrected chi connectivity index (χ1v) is 5.10. The average Bonchev–Trinajstić information content (AvgIpc) is 2.55. The van der Waals surface area contributed by atoms with Crippen molar-refractivity contribution in [3.05, 3.63) is 22.0 Å². The second kappa shape index (κ2) is 4.19. The number of halogens is 2. The first kappa shape index (κ1) is 11.6. The third-order valence-electron chi connectivity index (χ3n) is 2.83. The number of carbonyl (C=O) groups is 1. The third-order valence-corrected chi connectivity index (χ3v) is 2.83. The van der Waals surface area contributed by atoms with Gasteiger partial charge in [0.1, 0.15) is 5.78 Å². The Kier molecular flexibility index (Phi) is 2.86. The molecule has 0 aliphatic heterocycles. The quantitative estimate of drug-likeness (QED) is 0.587. The van der Waals surface area contributed by atoms with Gasteiger partial charge in [-0.15, -0.1) is 5.10 Å². The standard InChI is InChI=1S/C9H9F2N3O3/c10-8-7(14(16)17)9(11)13(12-8)5-1-3-6(15)4-2-5/h5H,1-4H2. The van der Waals surface area contributed by atoms with E-state index in [0.717, 1.165) is 0 Å². The molecule has 1 heterocycles. The molecule has 0 amide bonds. The topological polar surface area (TPSA) is 78.0 Å². The van der Waals surface area contributed by atoms with Crippen LogP contribution in [0.5, 0.6) is 0 Å². The van der Waals surface area contributed by atoms with E-state index < -0.39 is 28.5 Å². The first-order valence-electron chi connectivity index (χ1n) is 5.10. The summed E-state index contributed by atoms with van der Waals surface area (Å²) >= 11 is 0. The van der Waals surface area contributed by atoms with Crippen LogP contribution in [0.2, 0.25) is 0 Å². The van der Waals surface area contributed by atoms with Crippen LogP contribution in [0, 0.1) is 22.0 Å². The van der Waals surface area contributed by atoms with E-state index in [1.54, 1.807) is 0 Å². The van der Waals surface area contributed by atoms with Gasteiger partial charge in [-0.25, -0.2) is 4.68 Å². The number of hydrogen-bond acceptors (Lipinski definition) is 4. The highest BCUT2D eigenvalue weighted by Crippen LogP contribution is 2.30. The smallest absolute Gasteiger partial charge is 0.300 e. The molecule has 1 aromatic heterocycles. The minimum Gasteiger partial charge on any atom is -0.300 e. The Hall–Kier alpha value is -1.86. The maximum absolute atomic E-state index is 13.6. The summed E-state index contributed by atoms with van der Waals surface area (Å²) in [4.78, 5) is 20.3. The molecule has 6 nitrogen and oxygen atoms in total. The van der Waals surface area contributed by atoms with Crippen LogP contribution in [-0.4, -0.2) is 20.5 Å². The summed E-state index contributed by atoms with van der Waals surface area (Å²) in [5, 5.41) is 13.6. The molecule has 2 rings (SSSR count). The van der Waals surface area contributed by atoms with E-state index in [9.17, 15) is 23.7 Å². The molecule has 1 aromatic rings. The average molecular weight is 245 g/mol. The molecule has 0 unspecified atom stereocenters. The zero-order chi connectivity index (χ0) is 12.6. The number of Topliss-reactive ketones (excluding diaryl/α,β-unsaturated/α-hetero) is 1. The minimum absolute atomic E-state index is 0.0591. The maximum atomic E-state index is 13.6. The van der Waals surface area contributed by atoms with E-state index in [0.29, 0.717) is 17.5 Å². The number of carbonyl (C=O) groups excluding carboxylic acids is 1. The Morgan fingerprint density at radius 1 is 1.35 bits per heavy atom. The van der Waals surface area contributed by atoms with Crippen LogP contribution in [-0.2, 0) is 4.79 Å². The summed E-state index contributed by atoms with van der Waals surface area (Å²) in [6, 6.07) is -0.490. The van der Waals surface area contributed by atoms with Crippen molar-refractivity contribution in [1.29, 1.82) is 0 Å². The molecule has 0 N–H and O–H groups in total. The highest BCUT2D eigenvalue weighted by atomic mass is 19.1. The Balaban J connectivity index is 2.30. The molecule has 0 saturated heterocycles. The van der Waals surface area contributed by atoms with Gasteiger partial charge in [-0.1, -0.05) is 0 Å². The lowest BCUT2D eigenvalue weighted by atomic mass is 9.94. The van der Waals surface area contributed by atoms with Crippen molar-refractivity contribution in [2.45, 2.75) is 31.7 Å². The molecule has 1 aliphatic rings. The van der Waals surface area contributed by atoms with Crippen LogP contribution in [0.4, 0.5) is 14.5 Å². The summed E-state index contributed by atoms with van der Waals surface area (Å²) in [6.07, 6.45) is 1.18. The minimum atomic E-state index is -1.43. The van der Waals surface area contributed by atoms with Gasteiger partial charge >= 0.3 is 11.6 Å². The predicted molar refractivity (Wildman–Crippen MR) is 51.3 cm³/mol. The van der Waals surface area contributed by atoms with Gasteiger partial charge in [-0.05, 0) is 12.8 Å². The third kappa shape index (κ3) is 2.02. The molecule has 17 heavy (non-hydrogen) atoms. The second-order valence-corrected chi connectivity index (χ2v) is 3.90. The molecule has 1 saturated carbocycles. The monoisotopic (exact) mass is 245 g/mol. The Labute approximate surface area is 94.4 Å². The van der Waals surface area contributed by atoms with Crippen LogP contribution >= 0.6 is 0 Å². The molecular formula is C9H9F2N3O3. The van der Waals surface area contributed by atoms with Gasteiger partial charge in [-0.2, -0.15) is 8.78 Å². The Morgan fingerprint density at radius 3 is 2.41 bits per heavy atom. The zero-order valence-electron chi connectivity index (χ0n) is 8.73. The van der Waals surface area contributed by atoms with Crippen LogP contribution in [0.25, 0.3) is 0 Å². The number of nitrogens with zero attached hydrogens (tertiary/aromatic N) is 3. The van der Waals surface area contributed by atoms with Crippen LogP contribution in [0.3, 0.4) is 0 Å². The van der Waals surface area contributed by atoms with Gasteiger partial charge < -0.3 is 0 Å². The summed E-state index contributed by atoms with van der Waals surface area (Å²) in [5.74, 6) is -2.65. The van der Waals surface area contributed by atoms with Crippen LogP contribution < -0.4 is 0 Å². The highest BCUT2D eigenvalue weighted by Gasteiger charge is 2.33. The van der Waals surface area contributed by atoms with Gasteiger partial charge in [0, 0.05) is 12.8 Å². The van der Waals surface area contributed by atoms with Crippen molar-refractivity contribution in [3.8, 4) is 0 Å². The van der Waals surface area contributed by atoms with Crippen molar-refractivity contribution >= 4 is 11.5 Å². The van der Waals surface area contributed by atoms with E-state index in [1.165, 1.54) is 0 Å². The van der Waals surface area contributed by atoms with Crippen LogP contribution in [0.1, 0.15) is 31.7 Å². The van der Waals surface area contributed by atoms with Gasteiger partial charge in [0.2, 0.25) is 0 Å². The van der Waals surface area contributed by atoms with Crippen molar-refractivity contribution in [3.63, 3.8) is 0 Å². The second-order valence-electron chi connectivity index (χ2n) is 3.90. The maximum Gasteiger partial charge on any atom is 0.379 e. The number of nitro groups is 1. The molecule has 1 aliphatic carbocycles. The van der Waals surface area contributed by atoms with E-state index >= 15 is 0 Å². The molecule has 8 heteroatoms. The van der Waals surface area contributed by atoms with E-state index in [2.05, 4.69) is 5.10 Å². The number of ketones is 1. The Bertz CT molecular complexity index is 476. The molecule has 92 valence electrons. The fourth-order valence-electron chi connectivity index (χ4n) is 1.94. The lowest BCUT2D eigenvalue weighted by molar-refractivity contribution is -0.390. The molecule has 0 radical (unpaired) electrons. The fourth-order valence-corrected chi connectivity index (χ4v) is 1.94. The highest BCUT2D eigenvalue weighted by molar-refractivity contribution is 5.79. The number of rotatable bonds is 2. The summed E-state index contributed by atoms with van der Waals surface area (Å²) in [6.45, 7) is 0. The van der Waals surface area contributed by atoms with Crippen molar-refractivity contribution < 1.29 is 18.5 Å². The summed E-state index contributed by atoms with van der Waals surface area (Å²) in [7, 11) is 0. The van der Waals surface area contributed by atoms with E-state index in [1.807, 2.05) is 0 Å². The lowest BCUT2D eigenvalue weighted by Gasteiger charge is -2.20. The summed E-state index contributed by atoms with van der Waals surface area (Å²) in [5.41, 5.74) is -1.23. The largest absolute Gasteiger partial charge is 0.379 e. The van der Waals surface area contributed by atoms with Crippen molar-refractivity contribution in [1.82, 2.24) is 9.78 Å². The molecule has 0 bridgehead atoms. The van der Waals surface area contributed by atoms with Gasteiger partial charge in [0.15, 0.2) is 0 Å². The molecule has 0 aromatic carbocycles. The lowest BCUT2D eigenvalue weighted by Crippen LogP contribution is -2.20. The number of aromatic nitrogens is 2. The predicted octanol–water partition coefficient (Wildman–Crippen LogP) is 1.75. The van der Waals surface area contributed by atoms with E-state index in [-0.39, 0.29) is 18.6 Å². The van der Waals surface area contributed by atoms with Gasteiger partial charge in [0.25, 0.3) is 5.95 Å². The molecule has 0 atom stereocenters. The van der Waals surface area contributed by atoms with Crippen LogP contribution in [0.15, 0.2) is 0 Å². The fraction of sp³-hybridized carbons (Fsp3) is 0.556. The SMILES string of the molecule is O=C1CCC(n2nc(F)c([N+](=O)[O-])c2F)CC1. The molecular weight excluding hydrogens is 236 g/mol. The molecule has 0 spiro atoms. The Morgan fingerprint density at radius 2 is 1.94 bits per heavy atom. The summed E-state index contributed by atoms with van der Waals surface area (Å²) < 4.78 is 27.3. The van der Waals surface area contributed by atoms with Crippen molar-refractivity contribution in [2.24, 2.45) is 0 Å². The van der Waals surface area contributed by atoms with Crippen molar-refractivity contribution in [2.75, 3.05) is 0 Å². The van der Waals surface area contributed by atoms with Gasteiger partial charge in [-0.3, -0.25) is 14.9 Å². The van der Waals surface area contributed by atoms with E-state index in [4.69, 9.17) is 0 Å². The number of hydrogen-bond donors (Lipinski definition) is 0. The normalized spacial score (nSPS) is 17.4. The first-order chi connectivity index (χ1) is 8.00. The van der Waals surface area contributed by atoms with Gasteiger partial charge in [0.05, 0.1) is 11.0 Å². The molecule has 1 fully saturated rings. The zero-order valence-corrected chi connectivity index (χ0v) is 8.73.